The molecule has 1 atom stereocenters. The van der Waals surface area contributed by atoms with Gasteiger partial charge in [-0.1, -0.05) is 6.07 Å². The van der Waals surface area contributed by atoms with Crippen LogP contribution in [0.25, 0.3) is 0 Å². The molecule has 0 saturated heterocycles. The molecule has 3 rings (SSSR count). The fourth-order valence-electron chi connectivity index (χ4n) is 2.70. The summed E-state index contributed by atoms with van der Waals surface area (Å²) in [5, 5.41) is 19.7. The number of ketones is 1. The number of benzene rings is 2. The number of hydrogen-bond acceptors (Lipinski definition) is 6. The zero-order valence-electron chi connectivity index (χ0n) is 12.7. The summed E-state index contributed by atoms with van der Waals surface area (Å²) in [5.41, 5.74) is 0.716. The van der Waals surface area contributed by atoms with Crippen LogP contribution in [0.3, 0.4) is 0 Å². The lowest BCUT2D eigenvalue weighted by atomic mass is 9.88. The highest BCUT2D eigenvalue weighted by atomic mass is 16.5. The van der Waals surface area contributed by atoms with Crippen LogP contribution in [0.1, 0.15) is 21.8 Å². The van der Waals surface area contributed by atoms with E-state index in [1.165, 1.54) is 32.4 Å². The lowest BCUT2D eigenvalue weighted by Crippen LogP contribution is -2.26. The minimum absolute atomic E-state index is 0.0442. The zero-order chi connectivity index (χ0) is 16.6. The van der Waals surface area contributed by atoms with Gasteiger partial charge in [0, 0.05) is 23.8 Å². The van der Waals surface area contributed by atoms with Crippen LogP contribution in [-0.2, 0) is 0 Å². The smallest absolute Gasteiger partial charge is 0.181 e. The zero-order valence-corrected chi connectivity index (χ0v) is 12.7. The maximum atomic E-state index is 12.8. The molecule has 0 unspecified atom stereocenters. The summed E-state index contributed by atoms with van der Waals surface area (Å²) in [5.74, 6) is 0.0567. The second-order valence-electron chi connectivity index (χ2n) is 5.17. The van der Waals surface area contributed by atoms with Crippen LogP contribution in [0.4, 0.5) is 0 Å². The maximum Gasteiger partial charge on any atom is 0.181 e. The van der Waals surface area contributed by atoms with E-state index in [1.54, 1.807) is 12.1 Å². The molecule has 0 aromatic heterocycles. The number of carbonyl (C=O) groups is 1. The second-order valence-corrected chi connectivity index (χ2v) is 5.17. The van der Waals surface area contributed by atoms with Gasteiger partial charge >= 0.3 is 0 Å². The molecule has 2 aromatic carbocycles. The molecular weight excluding hydrogens is 300 g/mol. The molecule has 6 heteroatoms. The largest absolute Gasteiger partial charge is 0.508 e. The predicted octanol–water partition coefficient (Wildman–Crippen LogP) is 2.47. The van der Waals surface area contributed by atoms with E-state index in [1.807, 2.05) is 0 Å². The number of phenols is 2. The Balaban J connectivity index is 2.05. The molecule has 0 spiro atoms. The SMILES string of the molecule is COc1cc(O)c2c(c1)OC[C@@H](c1ccc(O)cc1OC)C2=O. The van der Waals surface area contributed by atoms with Gasteiger partial charge in [0.2, 0.25) is 0 Å². The predicted molar refractivity (Wildman–Crippen MR) is 81.9 cm³/mol. The average molecular weight is 316 g/mol. The Labute approximate surface area is 132 Å². The van der Waals surface area contributed by atoms with Crippen molar-refractivity contribution < 1.29 is 29.2 Å². The lowest BCUT2D eigenvalue weighted by Gasteiger charge is -2.26. The fourth-order valence-corrected chi connectivity index (χ4v) is 2.70. The van der Waals surface area contributed by atoms with Gasteiger partial charge in [-0.25, -0.2) is 0 Å². The number of hydrogen-bond donors (Lipinski definition) is 2. The first-order valence-electron chi connectivity index (χ1n) is 7.00. The normalized spacial score (nSPS) is 16.4. The molecule has 2 N–H and O–H groups in total. The van der Waals surface area contributed by atoms with E-state index >= 15 is 0 Å². The first kappa shape index (κ1) is 15.0. The molecule has 0 amide bonds. The van der Waals surface area contributed by atoms with Crippen molar-refractivity contribution in [2.75, 3.05) is 20.8 Å². The molecule has 0 fully saturated rings. The Morgan fingerprint density at radius 1 is 1.13 bits per heavy atom. The molecular formula is C17H16O6. The summed E-state index contributed by atoms with van der Waals surface area (Å²) in [4.78, 5) is 12.8. The number of fused-ring (bicyclic) bond motifs is 1. The van der Waals surface area contributed by atoms with Crippen molar-refractivity contribution in [3.05, 3.63) is 41.5 Å². The van der Waals surface area contributed by atoms with Gasteiger partial charge in [-0.05, 0) is 6.07 Å². The maximum absolute atomic E-state index is 12.8. The van der Waals surface area contributed by atoms with Crippen molar-refractivity contribution in [2.45, 2.75) is 5.92 Å². The molecule has 0 radical (unpaired) electrons. The minimum Gasteiger partial charge on any atom is -0.508 e. The van der Waals surface area contributed by atoms with Gasteiger partial charge in [-0.3, -0.25) is 4.79 Å². The van der Waals surface area contributed by atoms with Gasteiger partial charge < -0.3 is 24.4 Å². The minimum atomic E-state index is -0.627. The standard InChI is InChI=1S/C17H16O6/c1-21-10-6-13(19)16-15(7-10)23-8-12(17(16)20)11-4-3-9(18)5-14(11)22-2/h3-7,12,18-19H,8H2,1-2H3/t12-/m0/s1. The van der Waals surface area contributed by atoms with E-state index in [2.05, 4.69) is 0 Å². The van der Waals surface area contributed by atoms with Crippen LogP contribution in [0.15, 0.2) is 30.3 Å². The van der Waals surface area contributed by atoms with Crippen LogP contribution in [0.5, 0.6) is 28.7 Å². The van der Waals surface area contributed by atoms with Gasteiger partial charge in [-0.15, -0.1) is 0 Å². The quantitative estimate of drug-likeness (QED) is 0.905. The van der Waals surface area contributed by atoms with Gasteiger partial charge in [0.15, 0.2) is 5.78 Å². The van der Waals surface area contributed by atoms with Crippen LogP contribution >= 0.6 is 0 Å². The highest BCUT2D eigenvalue weighted by Gasteiger charge is 2.34. The Bertz CT molecular complexity index is 768. The van der Waals surface area contributed by atoms with Crippen LogP contribution < -0.4 is 14.2 Å². The fraction of sp³-hybridized carbons (Fsp3) is 0.235. The summed E-state index contributed by atoms with van der Waals surface area (Å²) in [6, 6.07) is 7.47. The highest BCUT2D eigenvalue weighted by molar-refractivity contribution is 6.06. The Hall–Kier alpha value is -2.89. The van der Waals surface area contributed by atoms with Crippen molar-refractivity contribution in [2.24, 2.45) is 0 Å². The van der Waals surface area contributed by atoms with Crippen LogP contribution in [-0.4, -0.2) is 36.8 Å². The molecule has 1 aliphatic rings. The summed E-state index contributed by atoms with van der Waals surface area (Å²) in [6.45, 7) is 0.111. The Kier molecular flexibility index (Phi) is 3.73. The molecule has 0 bridgehead atoms. The van der Waals surface area contributed by atoms with Gasteiger partial charge in [0.05, 0.1) is 20.1 Å². The van der Waals surface area contributed by atoms with Gasteiger partial charge in [0.25, 0.3) is 0 Å². The van der Waals surface area contributed by atoms with Gasteiger partial charge in [0.1, 0.15) is 40.9 Å². The molecule has 23 heavy (non-hydrogen) atoms. The highest BCUT2D eigenvalue weighted by Crippen LogP contribution is 2.42. The molecule has 6 nitrogen and oxygen atoms in total. The van der Waals surface area contributed by atoms with E-state index < -0.39 is 5.92 Å². The van der Waals surface area contributed by atoms with Crippen molar-refractivity contribution in [3.8, 4) is 28.7 Å². The Morgan fingerprint density at radius 2 is 1.91 bits per heavy atom. The molecule has 0 aliphatic carbocycles. The number of ether oxygens (including phenoxy) is 3. The van der Waals surface area contributed by atoms with Crippen molar-refractivity contribution in [1.82, 2.24) is 0 Å². The third kappa shape index (κ3) is 2.52. The average Bonchev–Trinajstić information content (AvgIpc) is 2.55. The number of rotatable bonds is 3. The summed E-state index contributed by atoms with van der Waals surface area (Å²) < 4.78 is 15.9. The first-order valence-corrected chi connectivity index (χ1v) is 7.00. The number of carbonyl (C=O) groups excluding carboxylic acids is 1. The summed E-state index contributed by atoms with van der Waals surface area (Å²) >= 11 is 0. The topological polar surface area (TPSA) is 85.2 Å². The molecule has 1 heterocycles. The Morgan fingerprint density at radius 3 is 2.61 bits per heavy atom. The molecule has 0 saturated carbocycles. The van der Waals surface area contributed by atoms with Crippen molar-refractivity contribution in [3.63, 3.8) is 0 Å². The van der Waals surface area contributed by atoms with Crippen molar-refractivity contribution >= 4 is 5.78 Å². The van der Waals surface area contributed by atoms with E-state index in [-0.39, 0.29) is 29.5 Å². The van der Waals surface area contributed by atoms with Crippen LogP contribution in [0, 0.1) is 0 Å². The number of Topliss-reactive ketones (excluding diaryl/α,β-unsaturated/α-hetero) is 1. The molecule has 1 aliphatic heterocycles. The van der Waals surface area contributed by atoms with E-state index in [9.17, 15) is 15.0 Å². The number of phenolic OH excluding ortho intramolecular Hbond substituents is 2. The van der Waals surface area contributed by atoms with Crippen molar-refractivity contribution in [1.29, 1.82) is 0 Å². The lowest BCUT2D eigenvalue weighted by molar-refractivity contribution is 0.0890. The summed E-state index contributed by atoms with van der Waals surface area (Å²) in [7, 11) is 2.93. The van der Waals surface area contributed by atoms with Gasteiger partial charge in [-0.2, -0.15) is 0 Å². The summed E-state index contributed by atoms with van der Waals surface area (Å²) in [6.07, 6.45) is 0. The second kappa shape index (κ2) is 5.72. The number of methoxy groups -OCH3 is 2. The molecule has 2 aromatic rings. The van der Waals surface area contributed by atoms with E-state index in [4.69, 9.17) is 14.2 Å². The molecule has 120 valence electrons. The number of aromatic hydroxyl groups is 2. The third-order valence-electron chi connectivity index (χ3n) is 3.85. The first-order chi connectivity index (χ1) is 11.0. The monoisotopic (exact) mass is 316 g/mol. The van der Waals surface area contributed by atoms with E-state index in [0.717, 1.165) is 0 Å². The third-order valence-corrected chi connectivity index (χ3v) is 3.85. The van der Waals surface area contributed by atoms with Crippen LogP contribution in [0.2, 0.25) is 0 Å². The van der Waals surface area contributed by atoms with E-state index in [0.29, 0.717) is 22.8 Å².